The molecule has 31 heavy (non-hydrogen) atoms. The zero-order chi connectivity index (χ0) is 21.1. The van der Waals surface area contributed by atoms with Gasteiger partial charge in [-0.25, -0.2) is 4.98 Å². The molecule has 7 heteroatoms. The number of hydrogen-bond acceptors (Lipinski definition) is 4. The average molecular weight is 544 g/mol. The fourth-order valence-corrected chi connectivity index (χ4v) is 6.07. The number of benzene rings is 2. The molecule has 5 nitrogen and oxygen atoms in total. The molecule has 2 aliphatic heterocycles. The number of imidazole rings is 1. The van der Waals surface area contributed by atoms with E-state index in [9.17, 15) is 4.79 Å². The van der Waals surface area contributed by atoms with Gasteiger partial charge in [0.1, 0.15) is 17.8 Å². The number of carbonyl (C=O) groups is 1. The number of halogens is 2. The summed E-state index contributed by atoms with van der Waals surface area (Å²) in [5.41, 5.74) is 3.75. The van der Waals surface area contributed by atoms with Crippen LogP contribution in [0.25, 0.3) is 0 Å². The van der Waals surface area contributed by atoms with Crippen molar-refractivity contribution in [1.82, 2.24) is 9.97 Å². The Labute approximate surface area is 196 Å². The second-order valence-corrected chi connectivity index (χ2v) is 10.4. The molecular weight excluding hydrogens is 524 g/mol. The van der Waals surface area contributed by atoms with E-state index < -0.39 is 0 Å². The number of hydrogen-bond donors (Lipinski definition) is 1. The number of nitrogens with one attached hydrogen (secondary N) is 1. The van der Waals surface area contributed by atoms with E-state index in [1.54, 1.807) is 6.33 Å². The van der Waals surface area contributed by atoms with E-state index in [1.807, 2.05) is 24.4 Å². The van der Waals surface area contributed by atoms with Gasteiger partial charge < -0.3 is 19.3 Å². The second kappa shape index (κ2) is 7.48. The van der Waals surface area contributed by atoms with Crippen LogP contribution in [0.15, 0.2) is 57.9 Å². The van der Waals surface area contributed by atoms with Gasteiger partial charge in [0, 0.05) is 56.3 Å². The van der Waals surface area contributed by atoms with Crippen LogP contribution >= 0.6 is 31.9 Å². The average Bonchev–Trinajstić information content (AvgIpc) is 3.64. The Morgan fingerprint density at radius 1 is 0.903 bits per heavy atom. The number of ether oxygens (including phenoxy) is 2. The number of carbonyl (C=O) groups excluding carboxylic acids is 1. The van der Waals surface area contributed by atoms with Crippen LogP contribution in [-0.4, -0.2) is 29.5 Å². The Bertz CT molecular complexity index is 1150. The SMILES string of the molecule is Brc1ccc2c(c1)[C@@H]1[C@H](CO2)[C@H]1c1cnc[nH]1.O=C[C@@H]1[C@H]2COc3ccc(Br)cc3[C@@H]12. The summed E-state index contributed by atoms with van der Waals surface area (Å²) in [6.45, 7) is 1.52. The molecule has 2 aliphatic carbocycles. The molecule has 0 spiro atoms. The minimum Gasteiger partial charge on any atom is -0.493 e. The highest BCUT2D eigenvalue weighted by Gasteiger charge is 2.56. The predicted octanol–water partition coefficient (Wildman–Crippen LogP) is 5.43. The Morgan fingerprint density at radius 2 is 1.55 bits per heavy atom. The van der Waals surface area contributed by atoms with Gasteiger partial charge in [-0.05, 0) is 47.5 Å². The molecule has 3 heterocycles. The van der Waals surface area contributed by atoms with Gasteiger partial charge in [0.05, 0.1) is 19.5 Å². The van der Waals surface area contributed by atoms with Crippen LogP contribution in [0.2, 0.25) is 0 Å². The largest absolute Gasteiger partial charge is 0.493 e. The minimum absolute atomic E-state index is 0.186. The van der Waals surface area contributed by atoms with Crippen LogP contribution < -0.4 is 9.47 Å². The van der Waals surface area contributed by atoms with Crippen molar-refractivity contribution in [2.45, 2.75) is 17.8 Å². The van der Waals surface area contributed by atoms with Crippen LogP contribution in [0.3, 0.4) is 0 Å². The molecule has 7 rings (SSSR count). The highest BCUT2D eigenvalue weighted by atomic mass is 79.9. The summed E-state index contributed by atoms with van der Waals surface area (Å²) in [5, 5.41) is 0. The number of fused-ring (bicyclic) bond motifs is 6. The lowest BCUT2D eigenvalue weighted by Gasteiger charge is -2.16. The van der Waals surface area contributed by atoms with Crippen molar-refractivity contribution in [1.29, 1.82) is 0 Å². The summed E-state index contributed by atoms with van der Waals surface area (Å²) < 4.78 is 13.6. The van der Waals surface area contributed by atoms with Crippen LogP contribution in [-0.2, 0) is 4.79 Å². The Morgan fingerprint density at radius 3 is 2.16 bits per heavy atom. The van der Waals surface area contributed by atoms with Gasteiger partial charge in [0.15, 0.2) is 0 Å². The normalized spacial score (nSPS) is 30.6. The fourth-order valence-electron chi connectivity index (χ4n) is 5.31. The lowest BCUT2D eigenvalue weighted by Crippen LogP contribution is -2.08. The molecule has 4 aliphatic rings. The van der Waals surface area contributed by atoms with E-state index in [2.05, 4.69) is 60.0 Å². The third kappa shape index (κ3) is 3.33. The zero-order valence-electron chi connectivity index (χ0n) is 16.5. The Hall–Kier alpha value is -2.12. The van der Waals surface area contributed by atoms with Crippen molar-refractivity contribution < 1.29 is 14.3 Å². The number of aromatic nitrogens is 2. The van der Waals surface area contributed by atoms with Crippen LogP contribution in [0.5, 0.6) is 11.5 Å². The molecule has 1 aromatic heterocycles. The predicted molar refractivity (Wildman–Crippen MR) is 123 cm³/mol. The first kappa shape index (κ1) is 19.6. The topological polar surface area (TPSA) is 64.2 Å². The molecule has 0 amide bonds. The summed E-state index contributed by atoms with van der Waals surface area (Å²) in [5.74, 6) is 4.76. The molecule has 158 valence electrons. The maximum Gasteiger partial charge on any atom is 0.124 e. The minimum atomic E-state index is 0.186. The van der Waals surface area contributed by atoms with Crippen molar-refractivity contribution in [3.8, 4) is 11.5 Å². The molecule has 0 saturated heterocycles. The third-order valence-electron chi connectivity index (χ3n) is 6.96. The van der Waals surface area contributed by atoms with Gasteiger partial charge >= 0.3 is 0 Å². The quantitative estimate of drug-likeness (QED) is 0.438. The van der Waals surface area contributed by atoms with Gasteiger partial charge in [-0.2, -0.15) is 0 Å². The molecule has 3 aromatic rings. The zero-order valence-corrected chi connectivity index (χ0v) is 19.7. The number of H-pyrrole nitrogens is 1. The molecular formula is C24H20Br2N2O3. The van der Waals surface area contributed by atoms with Gasteiger partial charge in [-0.3, -0.25) is 0 Å². The second-order valence-electron chi connectivity index (χ2n) is 8.61. The van der Waals surface area contributed by atoms with Crippen LogP contribution in [0.1, 0.15) is 34.6 Å². The van der Waals surface area contributed by atoms with Crippen molar-refractivity contribution in [2.24, 2.45) is 17.8 Å². The van der Waals surface area contributed by atoms with Crippen molar-refractivity contribution in [3.63, 3.8) is 0 Å². The maximum atomic E-state index is 10.8. The van der Waals surface area contributed by atoms with E-state index in [0.717, 1.165) is 33.3 Å². The molecule has 2 fully saturated rings. The first-order valence-electron chi connectivity index (χ1n) is 10.4. The molecule has 0 radical (unpaired) electrons. The smallest absolute Gasteiger partial charge is 0.124 e. The van der Waals surface area contributed by atoms with Crippen LogP contribution in [0, 0.1) is 17.8 Å². The number of rotatable bonds is 2. The molecule has 0 unspecified atom stereocenters. The summed E-state index contributed by atoms with van der Waals surface area (Å²) in [7, 11) is 0. The van der Waals surface area contributed by atoms with Gasteiger partial charge in [0.2, 0.25) is 0 Å². The van der Waals surface area contributed by atoms with E-state index in [0.29, 0.717) is 36.2 Å². The third-order valence-corrected chi connectivity index (χ3v) is 7.94. The fraction of sp³-hybridized carbons (Fsp3) is 0.333. The standard InChI is InChI=1S/C13H11BrN2O.C11H9BrO2/c14-7-1-2-11-8(3-7)12-9(5-17-11)13(12)10-4-15-6-16-10;12-6-1-2-10-7(3-6)11-8(4-13)9(11)5-14-10/h1-4,6,9,12-13H,5H2,(H,15,16);1-4,8-9,11H,5H2/t9-,12+,13-;8-,9-,11+/m01/s1. The van der Waals surface area contributed by atoms with Crippen molar-refractivity contribution in [2.75, 3.05) is 13.2 Å². The van der Waals surface area contributed by atoms with Crippen LogP contribution in [0.4, 0.5) is 0 Å². The van der Waals surface area contributed by atoms with Gasteiger partial charge in [-0.15, -0.1) is 0 Å². The lowest BCUT2D eigenvalue weighted by atomic mass is 10.1. The first-order valence-corrected chi connectivity index (χ1v) is 12.0. The summed E-state index contributed by atoms with van der Waals surface area (Å²) in [6.07, 6.45) is 4.75. The van der Waals surface area contributed by atoms with E-state index in [-0.39, 0.29) is 5.92 Å². The van der Waals surface area contributed by atoms with E-state index in [1.165, 1.54) is 16.8 Å². The monoisotopic (exact) mass is 542 g/mol. The maximum absolute atomic E-state index is 10.8. The van der Waals surface area contributed by atoms with Gasteiger partial charge in [-0.1, -0.05) is 31.9 Å². The molecule has 2 aromatic carbocycles. The Kier molecular flexibility index (Phi) is 4.72. The number of nitrogens with zero attached hydrogens (tertiary/aromatic N) is 1. The molecule has 1 N–H and O–H groups in total. The van der Waals surface area contributed by atoms with Gasteiger partial charge in [0.25, 0.3) is 0 Å². The highest BCUT2D eigenvalue weighted by Crippen LogP contribution is 2.64. The van der Waals surface area contributed by atoms with Crippen molar-refractivity contribution >= 4 is 38.1 Å². The summed E-state index contributed by atoms with van der Waals surface area (Å²) in [4.78, 5) is 18.1. The highest BCUT2D eigenvalue weighted by molar-refractivity contribution is 9.10. The Balaban J connectivity index is 0.000000122. The van der Waals surface area contributed by atoms with E-state index >= 15 is 0 Å². The number of aromatic amines is 1. The first-order chi connectivity index (χ1) is 15.2. The lowest BCUT2D eigenvalue weighted by molar-refractivity contribution is -0.109. The molecule has 0 bridgehead atoms. The molecule has 6 atom stereocenters. The van der Waals surface area contributed by atoms with Crippen molar-refractivity contribution in [3.05, 3.63) is 74.7 Å². The van der Waals surface area contributed by atoms with E-state index in [4.69, 9.17) is 9.47 Å². The molecule has 2 saturated carbocycles. The summed E-state index contributed by atoms with van der Waals surface area (Å²) >= 11 is 6.96. The number of aldehydes is 1. The summed E-state index contributed by atoms with van der Waals surface area (Å²) in [6, 6.07) is 12.3.